The average molecular weight is 228 g/mol. The first kappa shape index (κ1) is 13.5. The number of hydrogen-bond donors (Lipinski definition) is 1. The maximum atomic E-state index is 10.3. The summed E-state index contributed by atoms with van der Waals surface area (Å²) in [5.74, 6) is 0. The van der Waals surface area contributed by atoms with Crippen LogP contribution in [0.3, 0.4) is 0 Å². The highest BCUT2D eigenvalue weighted by Crippen LogP contribution is 2.23. The molecule has 1 atom stereocenters. The summed E-state index contributed by atoms with van der Waals surface area (Å²) >= 11 is 0. The van der Waals surface area contributed by atoms with E-state index >= 15 is 0 Å². The molecule has 0 spiro atoms. The third-order valence-electron chi connectivity index (χ3n) is 2.47. The van der Waals surface area contributed by atoms with Gasteiger partial charge in [0.1, 0.15) is 6.10 Å². The summed E-state index contributed by atoms with van der Waals surface area (Å²) in [7, 11) is 0. The molecule has 1 nitrogen and oxygen atoms in total. The summed E-state index contributed by atoms with van der Waals surface area (Å²) in [5.41, 5.74) is 4.12. The van der Waals surface area contributed by atoms with E-state index in [9.17, 15) is 5.11 Å². The Hall–Kier alpha value is -1.60. The van der Waals surface area contributed by atoms with Crippen LogP contribution in [0.1, 0.15) is 31.1 Å². The van der Waals surface area contributed by atoms with Crippen molar-refractivity contribution in [3.8, 4) is 0 Å². The highest BCUT2D eigenvalue weighted by Gasteiger charge is 2.10. The second-order valence-corrected chi connectivity index (χ2v) is 4.44. The van der Waals surface area contributed by atoms with Gasteiger partial charge in [-0.15, -0.1) is 0 Å². The van der Waals surface area contributed by atoms with Crippen LogP contribution in [-0.4, -0.2) is 5.11 Å². The van der Waals surface area contributed by atoms with Gasteiger partial charge in [-0.05, 0) is 31.9 Å². The number of aryl methyl sites for hydroxylation is 1. The Labute approximate surface area is 104 Å². The third-order valence-corrected chi connectivity index (χ3v) is 2.47. The minimum atomic E-state index is -0.594. The van der Waals surface area contributed by atoms with Gasteiger partial charge in [-0.1, -0.05) is 60.2 Å². The molecule has 1 unspecified atom stereocenters. The summed E-state index contributed by atoms with van der Waals surface area (Å²) in [5, 5.41) is 10.3. The van der Waals surface area contributed by atoms with Crippen LogP contribution in [0.25, 0.3) is 0 Å². The minimum absolute atomic E-state index is 0.594. The van der Waals surface area contributed by atoms with Gasteiger partial charge in [0, 0.05) is 0 Å². The van der Waals surface area contributed by atoms with Crippen LogP contribution in [0.4, 0.5) is 0 Å². The SMILES string of the molecule is C=C/C=C(\C=C(C)C)C(O)c1ccc(C)cc1. The summed E-state index contributed by atoms with van der Waals surface area (Å²) < 4.78 is 0. The number of aliphatic hydroxyl groups excluding tert-OH is 1. The fourth-order valence-corrected chi connectivity index (χ4v) is 1.63. The van der Waals surface area contributed by atoms with E-state index in [1.807, 2.05) is 57.2 Å². The minimum Gasteiger partial charge on any atom is -0.384 e. The average Bonchev–Trinajstić information content (AvgIpc) is 2.28. The van der Waals surface area contributed by atoms with Crippen molar-refractivity contribution >= 4 is 0 Å². The molecular formula is C16H20O. The maximum absolute atomic E-state index is 10.3. The van der Waals surface area contributed by atoms with E-state index in [0.29, 0.717) is 0 Å². The first-order valence-corrected chi connectivity index (χ1v) is 5.76. The van der Waals surface area contributed by atoms with Crippen molar-refractivity contribution in [3.05, 3.63) is 71.3 Å². The maximum Gasteiger partial charge on any atom is 0.104 e. The highest BCUT2D eigenvalue weighted by molar-refractivity contribution is 5.36. The molecule has 1 heteroatoms. The molecule has 0 saturated carbocycles. The first-order chi connectivity index (χ1) is 8.04. The molecule has 0 bridgehead atoms. The fourth-order valence-electron chi connectivity index (χ4n) is 1.63. The summed E-state index contributed by atoms with van der Waals surface area (Å²) in [6.07, 6.45) is 4.93. The van der Waals surface area contributed by atoms with Crippen LogP contribution in [0.5, 0.6) is 0 Å². The van der Waals surface area contributed by atoms with Gasteiger partial charge in [-0.25, -0.2) is 0 Å². The molecular weight excluding hydrogens is 208 g/mol. The standard InChI is InChI=1S/C16H20O/c1-5-6-15(11-12(2)3)16(17)14-9-7-13(4)8-10-14/h5-11,16-17H,1H2,2-4H3/b15-6+. The van der Waals surface area contributed by atoms with Crippen LogP contribution < -0.4 is 0 Å². The normalized spacial score (nSPS) is 13.1. The Bertz CT molecular complexity index is 431. The molecule has 1 rings (SSSR count). The van der Waals surface area contributed by atoms with Gasteiger partial charge in [-0.3, -0.25) is 0 Å². The predicted octanol–water partition coefficient (Wildman–Crippen LogP) is 4.11. The molecule has 90 valence electrons. The van der Waals surface area contributed by atoms with Crippen molar-refractivity contribution < 1.29 is 5.11 Å². The van der Waals surface area contributed by atoms with E-state index in [1.54, 1.807) is 6.08 Å². The van der Waals surface area contributed by atoms with E-state index in [2.05, 4.69) is 6.58 Å². The molecule has 1 aromatic carbocycles. The van der Waals surface area contributed by atoms with Crippen molar-refractivity contribution in [2.24, 2.45) is 0 Å². The van der Waals surface area contributed by atoms with Gasteiger partial charge in [0.05, 0.1) is 0 Å². The van der Waals surface area contributed by atoms with Crippen molar-refractivity contribution in [2.45, 2.75) is 26.9 Å². The molecule has 0 saturated heterocycles. The lowest BCUT2D eigenvalue weighted by molar-refractivity contribution is 0.219. The zero-order chi connectivity index (χ0) is 12.8. The van der Waals surface area contributed by atoms with Crippen molar-refractivity contribution in [1.29, 1.82) is 0 Å². The summed E-state index contributed by atoms with van der Waals surface area (Å²) in [6.45, 7) is 9.74. The van der Waals surface area contributed by atoms with E-state index in [4.69, 9.17) is 0 Å². The molecule has 0 fully saturated rings. The Morgan fingerprint density at radius 3 is 2.29 bits per heavy atom. The molecule has 17 heavy (non-hydrogen) atoms. The topological polar surface area (TPSA) is 20.2 Å². The van der Waals surface area contributed by atoms with Crippen molar-refractivity contribution in [1.82, 2.24) is 0 Å². The Kier molecular flexibility index (Phi) is 4.92. The van der Waals surface area contributed by atoms with Gasteiger partial charge < -0.3 is 5.11 Å². The zero-order valence-electron chi connectivity index (χ0n) is 10.8. The van der Waals surface area contributed by atoms with Gasteiger partial charge in [0.25, 0.3) is 0 Å². The quantitative estimate of drug-likeness (QED) is 0.769. The number of hydrogen-bond acceptors (Lipinski definition) is 1. The number of aliphatic hydroxyl groups is 1. The first-order valence-electron chi connectivity index (χ1n) is 5.76. The van der Waals surface area contributed by atoms with E-state index < -0.39 is 6.10 Å². The fraction of sp³-hybridized carbons (Fsp3) is 0.250. The van der Waals surface area contributed by atoms with E-state index in [1.165, 1.54) is 5.56 Å². The van der Waals surface area contributed by atoms with Gasteiger partial charge in [0.2, 0.25) is 0 Å². The molecule has 1 aromatic rings. The molecule has 0 aliphatic heterocycles. The number of rotatable bonds is 4. The predicted molar refractivity (Wildman–Crippen MR) is 73.8 cm³/mol. The highest BCUT2D eigenvalue weighted by atomic mass is 16.3. The molecule has 0 heterocycles. The van der Waals surface area contributed by atoms with E-state index in [-0.39, 0.29) is 0 Å². The Morgan fingerprint density at radius 1 is 1.24 bits per heavy atom. The third kappa shape index (κ3) is 4.04. The number of benzene rings is 1. The summed E-state index contributed by atoms with van der Waals surface area (Å²) in [6, 6.07) is 7.92. The molecule has 0 radical (unpaired) electrons. The Morgan fingerprint density at radius 2 is 1.82 bits per heavy atom. The smallest absolute Gasteiger partial charge is 0.104 e. The van der Waals surface area contributed by atoms with Crippen LogP contribution in [0.2, 0.25) is 0 Å². The Balaban J connectivity index is 3.04. The van der Waals surface area contributed by atoms with Crippen molar-refractivity contribution in [3.63, 3.8) is 0 Å². The van der Waals surface area contributed by atoms with Crippen LogP contribution in [0.15, 0.2) is 60.2 Å². The van der Waals surface area contributed by atoms with Gasteiger partial charge >= 0.3 is 0 Å². The molecule has 0 amide bonds. The summed E-state index contributed by atoms with van der Waals surface area (Å²) in [4.78, 5) is 0. The van der Waals surface area contributed by atoms with Crippen LogP contribution in [-0.2, 0) is 0 Å². The largest absolute Gasteiger partial charge is 0.384 e. The second-order valence-electron chi connectivity index (χ2n) is 4.44. The lowest BCUT2D eigenvalue weighted by Gasteiger charge is -2.13. The van der Waals surface area contributed by atoms with Crippen LogP contribution >= 0.6 is 0 Å². The zero-order valence-corrected chi connectivity index (χ0v) is 10.8. The van der Waals surface area contributed by atoms with Crippen molar-refractivity contribution in [2.75, 3.05) is 0 Å². The second kappa shape index (κ2) is 6.21. The van der Waals surface area contributed by atoms with Gasteiger partial charge in [0.15, 0.2) is 0 Å². The van der Waals surface area contributed by atoms with Gasteiger partial charge in [-0.2, -0.15) is 0 Å². The lowest BCUT2D eigenvalue weighted by atomic mass is 9.98. The molecule has 1 N–H and O–H groups in total. The molecule has 0 aromatic heterocycles. The molecule has 0 aliphatic rings. The van der Waals surface area contributed by atoms with E-state index in [0.717, 1.165) is 16.7 Å². The number of allylic oxidation sites excluding steroid dienone is 3. The molecule has 0 aliphatic carbocycles. The van der Waals surface area contributed by atoms with Crippen LogP contribution in [0, 0.1) is 6.92 Å². The lowest BCUT2D eigenvalue weighted by Crippen LogP contribution is -2.00. The monoisotopic (exact) mass is 228 g/mol.